The zero-order valence-electron chi connectivity index (χ0n) is 12.9. The molecule has 2 nitrogen and oxygen atoms in total. The van der Waals surface area contributed by atoms with Gasteiger partial charge in [-0.15, -0.1) is 0 Å². The molecule has 2 aliphatic carbocycles. The molecule has 1 aromatic rings. The van der Waals surface area contributed by atoms with Gasteiger partial charge in [0, 0.05) is 18.6 Å². The standard InChI is InChI=1S/C18H28N2/c1-18(11-14-5-3-4-6-15(14)12-18)13-20-17-9-7-16(19-2)8-10-17/h3-6,16-17,19-20H,7-13H2,1-2H3. The van der Waals surface area contributed by atoms with E-state index in [4.69, 9.17) is 0 Å². The third-order valence-corrected chi connectivity index (χ3v) is 5.31. The van der Waals surface area contributed by atoms with Gasteiger partial charge < -0.3 is 10.6 Å². The van der Waals surface area contributed by atoms with Crippen molar-refractivity contribution in [3.8, 4) is 0 Å². The molecule has 0 aromatic heterocycles. The molecule has 1 aromatic carbocycles. The van der Waals surface area contributed by atoms with Gasteiger partial charge in [0.15, 0.2) is 0 Å². The zero-order valence-corrected chi connectivity index (χ0v) is 12.9. The SMILES string of the molecule is CNC1CCC(NCC2(C)Cc3ccccc3C2)CC1. The van der Waals surface area contributed by atoms with Gasteiger partial charge in [-0.1, -0.05) is 31.2 Å². The number of benzene rings is 1. The van der Waals surface area contributed by atoms with Crippen molar-refractivity contribution in [2.75, 3.05) is 13.6 Å². The molecule has 0 bridgehead atoms. The fourth-order valence-corrected chi connectivity index (χ4v) is 3.99. The maximum Gasteiger partial charge on any atom is 0.00684 e. The molecule has 20 heavy (non-hydrogen) atoms. The first kappa shape index (κ1) is 14.1. The quantitative estimate of drug-likeness (QED) is 0.880. The van der Waals surface area contributed by atoms with Crippen molar-refractivity contribution in [1.29, 1.82) is 0 Å². The van der Waals surface area contributed by atoms with Gasteiger partial charge in [-0.05, 0) is 62.1 Å². The van der Waals surface area contributed by atoms with Crippen LogP contribution >= 0.6 is 0 Å². The molecule has 0 unspecified atom stereocenters. The first-order valence-corrected chi connectivity index (χ1v) is 8.16. The van der Waals surface area contributed by atoms with Crippen molar-refractivity contribution in [2.45, 2.75) is 57.5 Å². The molecule has 0 atom stereocenters. The van der Waals surface area contributed by atoms with E-state index < -0.39 is 0 Å². The van der Waals surface area contributed by atoms with Crippen LogP contribution < -0.4 is 10.6 Å². The molecule has 0 radical (unpaired) electrons. The third-order valence-electron chi connectivity index (χ3n) is 5.31. The highest BCUT2D eigenvalue weighted by Gasteiger charge is 2.33. The van der Waals surface area contributed by atoms with Crippen LogP contribution in [0.3, 0.4) is 0 Å². The molecule has 0 amide bonds. The molecule has 0 heterocycles. The lowest BCUT2D eigenvalue weighted by Crippen LogP contribution is -2.43. The Morgan fingerprint density at radius 2 is 1.55 bits per heavy atom. The molecule has 1 saturated carbocycles. The maximum absolute atomic E-state index is 3.86. The van der Waals surface area contributed by atoms with Gasteiger partial charge in [0.25, 0.3) is 0 Å². The molecule has 110 valence electrons. The number of fused-ring (bicyclic) bond motifs is 1. The topological polar surface area (TPSA) is 24.1 Å². The fourth-order valence-electron chi connectivity index (χ4n) is 3.99. The highest BCUT2D eigenvalue weighted by Crippen LogP contribution is 2.36. The highest BCUT2D eigenvalue weighted by molar-refractivity contribution is 5.34. The molecule has 2 N–H and O–H groups in total. The fraction of sp³-hybridized carbons (Fsp3) is 0.667. The number of hydrogen-bond acceptors (Lipinski definition) is 2. The summed E-state index contributed by atoms with van der Waals surface area (Å²) in [6, 6.07) is 10.4. The van der Waals surface area contributed by atoms with E-state index in [2.05, 4.69) is 48.9 Å². The molecule has 2 aliphatic rings. The number of rotatable bonds is 4. The molecule has 0 aliphatic heterocycles. The summed E-state index contributed by atoms with van der Waals surface area (Å²) >= 11 is 0. The van der Waals surface area contributed by atoms with Crippen LogP contribution in [0.4, 0.5) is 0 Å². The monoisotopic (exact) mass is 272 g/mol. The minimum atomic E-state index is 0.420. The van der Waals surface area contributed by atoms with Crippen molar-refractivity contribution < 1.29 is 0 Å². The van der Waals surface area contributed by atoms with Crippen LogP contribution in [0.25, 0.3) is 0 Å². The Morgan fingerprint density at radius 3 is 2.10 bits per heavy atom. The second-order valence-electron chi connectivity index (χ2n) is 7.15. The number of hydrogen-bond donors (Lipinski definition) is 2. The lowest BCUT2D eigenvalue weighted by molar-refractivity contribution is 0.261. The van der Waals surface area contributed by atoms with E-state index in [0.717, 1.165) is 18.6 Å². The van der Waals surface area contributed by atoms with E-state index >= 15 is 0 Å². The predicted molar refractivity (Wildman–Crippen MR) is 85.1 cm³/mol. The summed E-state index contributed by atoms with van der Waals surface area (Å²) in [6.45, 7) is 3.61. The van der Waals surface area contributed by atoms with Crippen LogP contribution in [0.2, 0.25) is 0 Å². The predicted octanol–water partition coefficient (Wildman–Crippen LogP) is 2.91. The zero-order chi connectivity index (χ0) is 14.0. The molecule has 2 heteroatoms. The Labute approximate surface area is 123 Å². The van der Waals surface area contributed by atoms with Crippen LogP contribution in [0.5, 0.6) is 0 Å². The van der Waals surface area contributed by atoms with Crippen molar-refractivity contribution in [2.24, 2.45) is 5.41 Å². The largest absolute Gasteiger partial charge is 0.317 e. The summed E-state index contributed by atoms with van der Waals surface area (Å²) in [7, 11) is 2.09. The van der Waals surface area contributed by atoms with Gasteiger partial charge in [0.2, 0.25) is 0 Å². The van der Waals surface area contributed by atoms with Crippen LogP contribution in [0.1, 0.15) is 43.7 Å². The minimum absolute atomic E-state index is 0.420. The summed E-state index contributed by atoms with van der Waals surface area (Å²) in [4.78, 5) is 0. The van der Waals surface area contributed by atoms with Gasteiger partial charge >= 0.3 is 0 Å². The lowest BCUT2D eigenvalue weighted by Gasteiger charge is -2.32. The molecule has 1 fully saturated rings. The second-order valence-corrected chi connectivity index (χ2v) is 7.15. The van der Waals surface area contributed by atoms with Gasteiger partial charge in [-0.3, -0.25) is 0 Å². The second kappa shape index (κ2) is 5.87. The van der Waals surface area contributed by atoms with Crippen molar-refractivity contribution in [3.63, 3.8) is 0 Å². The Kier molecular flexibility index (Phi) is 4.13. The van der Waals surface area contributed by atoms with Gasteiger partial charge in [-0.25, -0.2) is 0 Å². The van der Waals surface area contributed by atoms with Gasteiger partial charge in [0.05, 0.1) is 0 Å². The van der Waals surface area contributed by atoms with Gasteiger partial charge in [-0.2, -0.15) is 0 Å². The van der Waals surface area contributed by atoms with Gasteiger partial charge in [0.1, 0.15) is 0 Å². The summed E-state index contributed by atoms with van der Waals surface area (Å²) < 4.78 is 0. The first-order chi connectivity index (χ1) is 9.68. The smallest absolute Gasteiger partial charge is 0.00684 e. The summed E-state index contributed by atoms with van der Waals surface area (Å²) in [6.07, 6.45) is 7.78. The average molecular weight is 272 g/mol. The van der Waals surface area contributed by atoms with Crippen molar-refractivity contribution >= 4 is 0 Å². The van der Waals surface area contributed by atoms with Crippen LogP contribution in [0.15, 0.2) is 24.3 Å². The Bertz CT molecular complexity index is 421. The third kappa shape index (κ3) is 3.07. The van der Waals surface area contributed by atoms with E-state index in [0.29, 0.717) is 5.41 Å². The maximum atomic E-state index is 3.86. The van der Waals surface area contributed by atoms with E-state index in [-0.39, 0.29) is 0 Å². The van der Waals surface area contributed by atoms with Crippen LogP contribution in [-0.2, 0) is 12.8 Å². The summed E-state index contributed by atoms with van der Waals surface area (Å²) in [5.41, 5.74) is 3.55. The van der Waals surface area contributed by atoms with E-state index in [1.165, 1.54) is 38.5 Å². The molecule has 0 saturated heterocycles. The molecule has 0 spiro atoms. The van der Waals surface area contributed by atoms with Crippen molar-refractivity contribution in [3.05, 3.63) is 35.4 Å². The molecule has 3 rings (SSSR count). The Morgan fingerprint density at radius 1 is 1.00 bits per heavy atom. The van der Waals surface area contributed by atoms with E-state index in [1.807, 2.05) is 0 Å². The van der Waals surface area contributed by atoms with E-state index in [1.54, 1.807) is 11.1 Å². The van der Waals surface area contributed by atoms with Crippen LogP contribution in [0, 0.1) is 5.41 Å². The summed E-state index contributed by atoms with van der Waals surface area (Å²) in [5.74, 6) is 0. The average Bonchev–Trinajstić information content (AvgIpc) is 2.82. The lowest BCUT2D eigenvalue weighted by atomic mass is 9.85. The van der Waals surface area contributed by atoms with Crippen LogP contribution in [-0.4, -0.2) is 25.7 Å². The number of nitrogens with one attached hydrogen (secondary N) is 2. The Hall–Kier alpha value is -0.860. The Balaban J connectivity index is 1.50. The van der Waals surface area contributed by atoms with E-state index in [9.17, 15) is 0 Å². The summed E-state index contributed by atoms with van der Waals surface area (Å²) in [5, 5.41) is 7.27. The normalized spacial score (nSPS) is 28.3. The molecular weight excluding hydrogens is 244 g/mol. The molecular formula is C18H28N2. The minimum Gasteiger partial charge on any atom is -0.317 e. The van der Waals surface area contributed by atoms with Crippen molar-refractivity contribution in [1.82, 2.24) is 10.6 Å². The first-order valence-electron chi connectivity index (χ1n) is 8.16. The highest BCUT2D eigenvalue weighted by atomic mass is 14.9.